The molecule has 2 aromatic rings. The van der Waals surface area contributed by atoms with Crippen molar-refractivity contribution in [3.05, 3.63) is 54.2 Å². The molecule has 0 radical (unpaired) electrons. The summed E-state index contributed by atoms with van der Waals surface area (Å²) in [4.78, 5) is 12.9. The summed E-state index contributed by atoms with van der Waals surface area (Å²) in [5.74, 6) is 2.95. The summed E-state index contributed by atoms with van der Waals surface area (Å²) in [6.07, 6.45) is 4.43. The van der Waals surface area contributed by atoms with E-state index in [-0.39, 0.29) is 0 Å². The van der Waals surface area contributed by atoms with E-state index < -0.39 is 0 Å². The highest BCUT2D eigenvalue weighted by molar-refractivity contribution is 7.99. The molecule has 6 heteroatoms. The standard InChI is InChI=1S/C21H29N5S/c1-2-22-21(24-12-15-27-19-8-4-3-5-9-19)25-17-18-10-11-23-20(16-18)26-13-6-7-14-26/h3-5,8-11,16H,2,6-7,12-15,17H2,1H3,(H2,22,24,25). The van der Waals surface area contributed by atoms with E-state index in [0.717, 1.165) is 43.7 Å². The van der Waals surface area contributed by atoms with E-state index >= 15 is 0 Å². The fraction of sp³-hybridized carbons (Fsp3) is 0.429. The van der Waals surface area contributed by atoms with E-state index in [9.17, 15) is 0 Å². The van der Waals surface area contributed by atoms with Crippen LogP contribution < -0.4 is 15.5 Å². The molecule has 144 valence electrons. The fourth-order valence-corrected chi connectivity index (χ4v) is 3.83. The van der Waals surface area contributed by atoms with Gasteiger partial charge in [-0.05, 0) is 49.6 Å². The predicted octanol–water partition coefficient (Wildman–Crippen LogP) is 3.53. The lowest BCUT2D eigenvalue weighted by molar-refractivity contribution is 0.841. The van der Waals surface area contributed by atoms with Crippen LogP contribution in [0.2, 0.25) is 0 Å². The molecule has 0 unspecified atom stereocenters. The summed E-state index contributed by atoms with van der Waals surface area (Å²) < 4.78 is 0. The zero-order chi connectivity index (χ0) is 18.7. The summed E-state index contributed by atoms with van der Waals surface area (Å²) in [5, 5.41) is 6.75. The van der Waals surface area contributed by atoms with Crippen LogP contribution >= 0.6 is 11.8 Å². The van der Waals surface area contributed by atoms with Gasteiger partial charge in [0.15, 0.2) is 5.96 Å². The Morgan fingerprint density at radius 2 is 1.96 bits per heavy atom. The normalized spacial score (nSPS) is 14.4. The first-order valence-corrected chi connectivity index (χ1v) is 10.7. The molecular weight excluding hydrogens is 354 g/mol. The minimum Gasteiger partial charge on any atom is -0.357 e. The van der Waals surface area contributed by atoms with Gasteiger partial charge in [-0.2, -0.15) is 0 Å². The van der Waals surface area contributed by atoms with Crippen LogP contribution in [-0.2, 0) is 6.54 Å². The number of nitrogens with one attached hydrogen (secondary N) is 2. The first kappa shape index (κ1) is 19.5. The van der Waals surface area contributed by atoms with Gasteiger partial charge in [-0.25, -0.2) is 9.98 Å². The molecule has 1 aromatic carbocycles. The molecule has 1 aliphatic rings. The van der Waals surface area contributed by atoms with Crippen molar-refractivity contribution in [2.75, 3.05) is 36.8 Å². The first-order chi connectivity index (χ1) is 13.3. The fourth-order valence-electron chi connectivity index (χ4n) is 3.05. The highest BCUT2D eigenvalue weighted by atomic mass is 32.2. The van der Waals surface area contributed by atoms with E-state index in [1.807, 2.05) is 24.0 Å². The van der Waals surface area contributed by atoms with Crippen LogP contribution in [0.15, 0.2) is 58.5 Å². The lowest BCUT2D eigenvalue weighted by Gasteiger charge is -2.16. The Kier molecular flexibility index (Phi) is 7.84. The highest BCUT2D eigenvalue weighted by Gasteiger charge is 2.13. The van der Waals surface area contributed by atoms with E-state index in [4.69, 9.17) is 4.99 Å². The number of nitrogens with zero attached hydrogens (tertiary/aromatic N) is 3. The van der Waals surface area contributed by atoms with Crippen LogP contribution in [0.1, 0.15) is 25.3 Å². The van der Waals surface area contributed by atoms with Crippen molar-refractivity contribution >= 4 is 23.5 Å². The second-order valence-corrected chi connectivity index (χ2v) is 7.67. The second kappa shape index (κ2) is 10.8. The lowest BCUT2D eigenvalue weighted by Crippen LogP contribution is -2.38. The van der Waals surface area contributed by atoms with E-state index in [1.165, 1.54) is 23.3 Å². The van der Waals surface area contributed by atoms with Crippen molar-refractivity contribution in [1.82, 2.24) is 15.6 Å². The topological polar surface area (TPSA) is 52.6 Å². The molecule has 27 heavy (non-hydrogen) atoms. The van der Waals surface area contributed by atoms with Gasteiger partial charge >= 0.3 is 0 Å². The van der Waals surface area contributed by atoms with Gasteiger partial charge in [0.2, 0.25) is 0 Å². The van der Waals surface area contributed by atoms with E-state index in [1.54, 1.807) is 0 Å². The van der Waals surface area contributed by atoms with Crippen molar-refractivity contribution in [2.45, 2.75) is 31.2 Å². The number of aromatic nitrogens is 1. The Balaban J connectivity index is 1.50. The average Bonchev–Trinajstić information content (AvgIpc) is 3.25. The molecule has 0 atom stereocenters. The summed E-state index contributed by atoms with van der Waals surface area (Å²) in [5.41, 5.74) is 1.20. The molecule has 3 rings (SSSR count). The van der Waals surface area contributed by atoms with Crippen LogP contribution in [0.4, 0.5) is 5.82 Å². The first-order valence-electron chi connectivity index (χ1n) is 9.75. The molecule has 1 saturated heterocycles. The second-order valence-electron chi connectivity index (χ2n) is 6.50. The Morgan fingerprint density at radius 3 is 2.74 bits per heavy atom. The molecular formula is C21H29N5S. The summed E-state index contributed by atoms with van der Waals surface area (Å²) >= 11 is 1.85. The Bertz CT molecular complexity index is 714. The third-order valence-corrected chi connectivity index (χ3v) is 5.42. The molecule has 0 bridgehead atoms. The monoisotopic (exact) mass is 383 g/mol. The highest BCUT2D eigenvalue weighted by Crippen LogP contribution is 2.19. The maximum absolute atomic E-state index is 4.73. The summed E-state index contributed by atoms with van der Waals surface area (Å²) in [6.45, 7) is 6.71. The number of benzene rings is 1. The summed E-state index contributed by atoms with van der Waals surface area (Å²) in [7, 11) is 0. The molecule has 0 amide bonds. The zero-order valence-electron chi connectivity index (χ0n) is 16.0. The number of hydrogen-bond donors (Lipinski definition) is 2. The third-order valence-electron chi connectivity index (χ3n) is 4.41. The molecule has 1 aromatic heterocycles. The van der Waals surface area contributed by atoms with E-state index in [0.29, 0.717) is 6.54 Å². The minimum atomic E-state index is 0.657. The quantitative estimate of drug-likeness (QED) is 0.316. The molecule has 2 heterocycles. The maximum Gasteiger partial charge on any atom is 0.191 e. The van der Waals surface area contributed by atoms with Crippen LogP contribution in [0.3, 0.4) is 0 Å². The molecule has 0 aliphatic carbocycles. The summed E-state index contributed by atoms with van der Waals surface area (Å²) in [6, 6.07) is 14.7. The lowest BCUT2D eigenvalue weighted by atomic mass is 10.2. The van der Waals surface area contributed by atoms with Crippen LogP contribution in [0.25, 0.3) is 0 Å². The SMILES string of the molecule is CCNC(=NCc1ccnc(N2CCCC2)c1)NCCSc1ccccc1. The van der Waals surface area contributed by atoms with Gasteiger partial charge in [-0.1, -0.05) is 18.2 Å². The zero-order valence-corrected chi connectivity index (χ0v) is 16.8. The third kappa shape index (κ3) is 6.47. The number of pyridine rings is 1. The van der Waals surface area contributed by atoms with Gasteiger partial charge in [0.05, 0.1) is 6.54 Å². The Labute approximate surface area is 166 Å². The molecule has 5 nitrogen and oxygen atoms in total. The van der Waals surface area contributed by atoms with Crippen molar-refractivity contribution in [2.24, 2.45) is 4.99 Å². The number of rotatable bonds is 8. The molecule has 0 saturated carbocycles. The van der Waals surface area contributed by atoms with Crippen molar-refractivity contribution in [3.63, 3.8) is 0 Å². The Hall–Kier alpha value is -2.21. The van der Waals surface area contributed by atoms with Crippen LogP contribution in [0, 0.1) is 0 Å². The smallest absolute Gasteiger partial charge is 0.191 e. The van der Waals surface area contributed by atoms with Gasteiger partial charge in [0, 0.05) is 43.0 Å². The maximum atomic E-state index is 4.73. The Morgan fingerprint density at radius 1 is 1.15 bits per heavy atom. The number of aliphatic imine (C=N–C) groups is 1. The average molecular weight is 384 g/mol. The minimum absolute atomic E-state index is 0.657. The van der Waals surface area contributed by atoms with Crippen LogP contribution in [-0.4, -0.2) is 42.9 Å². The largest absolute Gasteiger partial charge is 0.357 e. The van der Waals surface area contributed by atoms with E-state index in [2.05, 4.69) is 63.8 Å². The van der Waals surface area contributed by atoms with Crippen LogP contribution in [0.5, 0.6) is 0 Å². The number of hydrogen-bond acceptors (Lipinski definition) is 4. The van der Waals surface area contributed by atoms with Gasteiger partial charge in [-0.15, -0.1) is 11.8 Å². The molecule has 0 spiro atoms. The van der Waals surface area contributed by atoms with Crippen molar-refractivity contribution in [3.8, 4) is 0 Å². The van der Waals surface area contributed by atoms with Gasteiger partial charge in [0.1, 0.15) is 5.82 Å². The number of guanidine groups is 1. The van der Waals surface area contributed by atoms with Gasteiger partial charge in [0.25, 0.3) is 0 Å². The molecule has 2 N–H and O–H groups in total. The van der Waals surface area contributed by atoms with Gasteiger partial charge < -0.3 is 15.5 Å². The molecule has 1 fully saturated rings. The van der Waals surface area contributed by atoms with Crippen molar-refractivity contribution in [1.29, 1.82) is 0 Å². The number of anilines is 1. The van der Waals surface area contributed by atoms with Gasteiger partial charge in [-0.3, -0.25) is 0 Å². The number of thioether (sulfide) groups is 1. The van der Waals surface area contributed by atoms with Crippen molar-refractivity contribution < 1.29 is 0 Å². The molecule has 1 aliphatic heterocycles. The predicted molar refractivity (Wildman–Crippen MR) is 116 cm³/mol.